The zero-order valence-corrected chi connectivity index (χ0v) is 10.4. The first kappa shape index (κ1) is 11.3. The topological polar surface area (TPSA) is 42.7 Å². The van der Waals surface area contributed by atoms with Crippen LogP contribution in [0.3, 0.4) is 0 Å². The van der Waals surface area contributed by atoms with Crippen molar-refractivity contribution in [2.45, 2.75) is 33.5 Å². The standard InChI is InChI=1S/C11H16N4S/c1-3-15-8-13-5-10(15)4-12-6-11-7-14-9(2)16-11/h5,7-8,12H,3-4,6H2,1-2H3. The molecule has 0 radical (unpaired) electrons. The fourth-order valence-corrected chi connectivity index (χ4v) is 2.35. The molecule has 1 N–H and O–H groups in total. The van der Waals surface area contributed by atoms with Crippen LogP contribution in [0.4, 0.5) is 0 Å². The quantitative estimate of drug-likeness (QED) is 0.863. The largest absolute Gasteiger partial charge is 0.334 e. The molecule has 0 atom stereocenters. The van der Waals surface area contributed by atoms with Crippen LogP contribution in [0.15, 0.2) is 18.7 Å². The van der Waals surface area contributed by atoms with Crippen LogP contribution in [-0.2, 0) is 19.6 Å². The normalized spacial score (nSPS) is 10.9. The molecule has 16 heavy (non-hydrogen) atoms. The van der Waals surface area contributed by atoms with E-state index in [9.17, 15) is 0 Å². The molecule has 0 aliphatic carbocycles. The van der Waals surface area contributed by atoms with Crippen molar-refractivity contribution >= 4 is 11.3 Å². The van der Waals surface area contributed by atoms with Gasteiger partial charge in [-0.05, 0) is 13.8 Å². The molecule has 4 nitrogen and oxygen atoms in total. The predicted octanol–water partition coefficient (Wildman–Crippen LogP) is 1.96. The lowest BCUT2D eigenvalue weighted by Gasteiger charge is -2.05. The maximum absolute atomic E-state index is 4.23. The van der Waals surface area contributed by atoms with Crippen molar-refractivity contribution in [1.29, 1.82) is 0 Å². The zero-order chi connectivity index (χ0) is 11.4. The summed E-state index contributed by atoms with van der Waals surface area (Å²) in [6.07, 6.45) is 5.71. The Bertz CT molecular complexity index is 446. The van der Waals surface area contributed by atoms with Gasteiger partial charge in [0.1, 0.15) is 0 Å². The Hall–Kier alpha value is -1.20. The molecule has 5 heteroatoms. The van der Waals surface area contributed by atoms with Crippen LogP contribution in [0.5, 0.6) is 0 Å². The second-order valence-electron chi connectivity index (χ2n) is 3.62. The Balaban J connectivity index is 1.84. The van der Waals surface area contributed by atoms with E-state index in [1.54, 1.807) is 11.3 Å². The number of aromatic nitrogens is 3. The average molecular weight is 236 g/mol. The van der Waals surface area contributed by atoms with Gasteiger partial charge in [0, 0.05) is 36.9 Å². The van der Waals surface area contributed by atoms with Crippen LogP contribution < -0.4 is 5.32 Å². The van der Waals surface area contributed by atoms with Gasteiger partial charge >= 0.3 is 0 Å². The summed E-state index contributed by atoms with van der Waals surface area (Å²) < 4.78 is 2.14. The monoisotopic (exact) mass is 236 g/mol. The van der Waals surface area contributed by atoms with E-state index in [2.05, 4.69) is 26.8 Å². The molecule has 0 spiro atoms. The zero-order valence-electron chi connectivity index (χ0n) is 9.60. The molecule has 0 fully saturated rings. The van der Waals surface area contributed by atoms with E-state index in [4.69, 9.17) is 0 Å². The molecule has 2 aromatic heterocycles. The van der Waals surface area contributed by atoms with E-state index in [1.807, 2.05) is 25.6 Å². The molecule has 0 bridgehead atoms. The van der Waals surface area contributed by atoms with Gasteiger partial charge < -0.3 is 9.88 Å². The molecule has 0 unspecified atom stereocenters. The van der Waals surface area contributed by atoms with Crippen molar-refractivity contribution in [3.8, 4) is 0 Å². The summed E-state index contributed by atoms with van der Waals surface area (Å²) in [5.74, 6) is 0. The Morgan fingerprint density at radius 2 is 2.25 bits per heavy atom. The number of hydrogen-bond donors (Lipinski definition) is 1. The molecule has 86 valence electrons. The Morgan fingerprint density at radius 1 is 1.38 bits per heavy atom. The van der Waals surface area contributed by atoms with Gasteiger partial charge in [0.25, 0.3) is 0 Å². The van der Waals surface area contributed by atoms with Crippen molar-refractivity contribution in [1.82, 2.24) is 19.9 Å². The highest BCUT2D eigenvalue weighted by Crippen LogP contribution is 2.11. The van der Waals surface area contributed by atoms with Crippen LogP contribution in [0.25, 0.3) is 0 Å². The van der Waals surface area contributed by atoms with Crippen molar-refractivity contribution < 1.29 is 0 Å². The van der Waals surface area contributed by atoms with Gasteiger partial charge in [-0.1, -0.05) is 0 Å². The van der Waals surface area contributed by atoms with Gasteiger partial charge in [-0.15, -0.1) is 11.3 Å². The number of rotatable bonds is 5. The van der Waals surface area contributed by atoms with E-state index in [0.29, 0.717) is 0 Å². The lowest BCUT2D eigenvalue weighted by atomic mass is 10.4. The van der Waals surface area contributed by atoms with Crippen LogP contribution in [0.1, 0.15) is 22.5 Å². The van der Waals surface area contributed by atoms with Crippen LogP contribution >= 0.6 is 11.3 Å². The fourth-order valence-electron chi connectivity index (χ4n) is 1.58. The lowest BCUT2D eigenvalue weighted by Crippen LogP contribution is -2.14. The van der Waals surface area contributed by atoms with Crippen LogP contribution in [0.2, 0.25) is 0 Å². The highest BCUT2D eigenvalue weighted by atomic mass is 32.1. The molecule has 0 aliphatic heterocycles. The predicted molar refractivity (Wildman–Crippen MR) is 65.3 cm³/mol. The summed E-state index contributed by atoms with van der Waals surface area (Å²) in [6.45, 7) is 6.85. The Kier molecular flexibility index (Phi) is 3.69. The van der Waals surface area contributed by atoms with Crippen molar-refractivity contribution in [3.63, 3.8) is 0 Å². The summed E-state index contributed by atoms with van der Waals surface area (Å²) in [5, 5.41) is 4.52. The molecule has 0 amide bonds. The molecule has 0 saturated heterocycles. The Morgan fingerprint density at radius 3 is 2.94 bits per heavy atom. The lowest BCUT2D eigenvalue weighted by molar-refractivity contribution is 0.631. The third kappa shape index (κ3) is 2.68. The molecule has 0 aromatic carbocycles. The molecule has 2 aromatic rings. The van der Waals surface area contributed by atoms with Gasteiger partial charge in [-0.25, -0.2) is 9.97 Å². The van der Waals surface area contributed by atoms with Gasteiger partial charge in [0.15, 0.2) is 0 Å². The molecule has 0 aliphatic rings. The minimum atomic E-state index is 0.852. The summed E-state index contributed by atoms with van der Waals surface area (Å²) in [5.41, 5.74) is 1.23. The molecule has 0 saturated carbocycles. The number of nitrogens with one attached hydrogen (secondary N) is 1. The first-order chi connectivity index (χ1) is 7.79. The second-order valence-corrected chi connectivity index (χ2v) is 4.94. The van der Waals surface area contributed by atoms with Crippen LogP contribution in [0, 0.1) is 6.92 Å². The van der Waals surface area contributed by atoms with E-state index < -0.39 is 0 Å². The number of aryl methyl sites for hydroxylation is 2. The molecule has 2 rings (SSSR count). The Labute approximate surface area is 99.4 Å². The average Bonchev–Trinajstić information content (AvgIpc) is 2.87. The maximum Gasteiger partial charge on any atom is 0.0948 e. The smallest absolute Gasteiger partial charge is 0.0948 e. The minimum Gasteiger partial charge on any atom is -0.334 e. The van der Waals surface area contributed by atoms with Crippen molar-refractivity contribution in [2.75, 3.05) is 0 Å². The highest BCUT2D eigenvalue weighted by molar-refractivity contribution is 7.11. The van der Waals surface area contributed by atoms with Crippen molar-refractivity contribution in [3.05, 3.63) is 34.3 Å². The molecular weight excluding hydrogens is 220 g/mol. The summed E-state index contributed by atoms with van der Waals surface area (Å²) >= 11 is 1.74. The number of nitrogens with zero attached hydrogens (tertiary/aromatic N) is 3. The second kappa shape index (κ2) is 5.23. The summed E-state index contributed by atoms with van der Waals surface area (Å²) in [4.78, 5) is 9.64. The van der Waals surface area contributed by atoms with Gasteiger partial charge in [0.2, 0.25) is 0 Å². The summed E-state index contributed by atoms with van der Waals surface area (Å²) in [6, 6.07) is 0. The molecule has 2 heterocycles. The van der Waals surface area contributed by atoms with E-state index >= 15 is 0 Å². The van der Waals surface area contributed by atoms with E-state index in [0.717, 1.165) is 24.6 Å². The first-order valence-corrected chi connectivity index (χ1v) is 6.22. The van der Waals surface area contributed by atoms with Gasteiger partial charge in [-0.3, -0.25) is 0 Å². The fraction of sp³-hybridized carbons (Fsp3) is 0.455. The highest BCUT2D eigenvalue weighted by Gasteiger charge is 2.01. The SMILES string of the molecule is CCn1cncc1CNCc1cnc(C)s1. The van der Waals surface area contributed by atoms with Gasteiger partial charge in [0.05, 0.1) is 17.0 Å². The summed E-state index contributed by atoms with van der Waals surface area (Å²) in [7, 11) is 0. The number of hydrogen-bond acceptors (Lipinski definition) is 4. The van der Waals surface area contributed by atoms with E-state index in [-0.39, 0.29) is 0 Å². The number of thiazole rings is 1. The number of imidazole rings is 1. The van der Waals surface area contributed by atoms with Crippen LogP contribution in [-0.4, -0.2) is 14.5 Å². The van der Waals surface area contributed by atoms with Crippen molar-refractivity contribution in [2.24, 2.45) is 0 Å². The maximum atomic E-state index is 4.23. The van der Waals surface area contributed by atoms with Gasteiger partial charge in [-0.2, -0.15) is 0 Å². The van der Waals surface area contributed by atoms with E-state index in [1.165, 1.54) is 10.6 Å². The minimum absolute atomic E-state index is 0.852. The third-order valence-electron chi connectivity index (χ3n) is 2.41. The first-order valence-electron chi connectivity index (χ1n) is 5.40. The third-order valence-corrected chi connectivity index (χ3v) is 3.33. The molecular formula is C11H16N4S.